The number of carbonyl (C=O) groups excluding carboxylic acids is 2. The second kappa shape index (κ2) is 10.4. The molecule has 6 heteroatoms. The first-order chi connectivity index (χ1) is 14.0. The molecular formula is C23H29N3O2S. The first kappa shape index (κ1) is 21.3. The van der Waals surface area contributed by atoms with Crippen LogP contribution in [0.3, 0.4) is 0 Å². The standard InChI is InChI=1S/C23H29N3O2S/c1-17-8-9-19(15-18(17)2)22(27)25-21(16-20-7-6-14-29-20)23(28)24-10-13-26-11-4-3-5-12-26/h6-9,14-16H,3-5,10-13H2,1-2H3,(H,24,28)(H,25,27)/b21-16-. The molecule has 154 valence electrons. The van der Waals surface area contributed by atoms with E-state index in [1.807, 2.05) is 43.5 Å². The summed E-state index contributed by atoms with van der Waals surface area (Å²) in [6, 6.07) is 9.41. The van der Waals surface area contributed by atoms with Gasteiger partial charge in [0, 0.05) is 23.5 Å². The molecule has 1 saturated heterocycles. The molecule has 29 heavy (non-hydrogen) atoms. The summed E-state index contributed by atoms with van der Waals surface area (Å²) in [5.41, 5.74) is 3.00. The molecule has 1 fully saturated rings. The molecule has 5 nitrogen and oxygen atoms in total. The lowest BCUT2D eigenvalue weighted by Crippen LogP contribution is -2.40. The number of nitrogens with zero attached hydrogens (tertiary/aromatic N) is 1. The minimum atomic E-state index is -0.276. The van der Waals surface area contributed by atoms with Crippen LogP contribution < -0.4 is 10.6 Å². The number of likely N-dealkylation sites (tertiary alicyclic amines) is 1. The number of hydrogen-bond donors (Lipinski definition) is 2. The zero-order valence-electron chi connectivity index (χ0n) is 17.2. The average Bonchev–Trinajstić information content (AvgIpc) is 3.23. The first-order valence-electron chi connectivity index (χ1n) is 10.2. The van der Waals surface area contributed by atoms with Gasteiger partial charge in [-0.2, -0.15) is 0 Å². The molecule has 0 saturated carbocycles. The number of benzene rings is 1. The molecule has 0 spiro atoms. The van der Waals surface area contributed by atoms with Crippen LogP contribution in [0.25, 0.3) is 6.08 Å². The van der Waals surface area contributed by atoms with Gasteiger partial charge in [0.1, 0.15) is 5.70 Å². The van der Waals surface area contributed by atoms with Gasteiger partial charge in [0.15, 0.2) is 0 Å². The predicted octanol–water partition coefficient (Wildman–Crippen LogP) is 3.74. The highest BCUT2D eigenvalue weighted by atomic mass is 32.1. The minimum Gasteiger partial charge on any atom is -0.349 e. The fourth-order valence-electron chi connectivity index (χ4n) is 3.36. The third kappa shape index (κ3) is 6.27. The Hall–Kier alpha value is -2.44. The van der Waals surface area contributed by atoms with Crippen LogP contribution in [-0.2, 0) is 4.79 Å². The van der Waals surface area contributed by atoms with Gasteiger partial charge in [-0.25, -0.2) is 0 Å². The van der Waals surface area contributed by atoms with Gasteiger partial charge in [-0.15, -0.1) is 11.3 Å². The van der Waals surface area contributed by atoms with Crippen molar-refractivity contribution in [2.24, 2.45) is 0 Å². The number of thiophene rings is 1. The van der Waals surface area contributed by atoms with Crippen molar-refractivity contribution in [3.05, 3.63) is 63.0 Å². The molecule has 1 aliphatic rings. The van der Waals surface area contributed by atoms with Crippen LogP contribution in [0.2, 0.25) is 0 Å². The van der Waals surface area contributed by atoms with E-state index in [1.165, 1.54) is 30.6 Å². The smallest absolute Gasteiger partial charge is 0.267 e. The van der Waals surface area contributed by atoms with Crippen molar-refractivity contribution in [3.63, 3.8) is 0 Å². The lowest BCUT2D eigenvalue weighted by atomic mass is 10.1. The molecule has 0 unspecified atom stereocenters. The molecule has 1 aliphatic heterocycles. The number of rotatable bonds is 7. The maximum atomic E-state index is 12.8. The molecular weight excluding hydrogens is 382 g/mol. The predicted molar refractivity (Wildman–Crippen MR) is 119 cm³/mol. The fourth-order valence-corrected chi connectivity index (χ4v) is 4.01. The minimum absolute atomic E-state index is 0.257. The Morgan fingerprint density at radius 3 is 2.59 bits per heavy atom. The van der Waals surface area contributed by atoms with Crippen LogP contribution in [0.4, 0.5) is 0 Å². The van der Waals surface area contributed by atoms with Gasteiger partial charge in [0.25, 0.3) is 11.8 Å². The highest BCUT2D eigenvalue weighted by Crippen LogP contribution is 2.14. The Bertz CT molecular complexity index is 868. The number of amides is 2. The third-order valence-corrected chi connectivity index (χ3v) is 6.07. The summed E-state index contributed by atoms with van der Waals surface area (Å²) < 4.78 is 0. The molecule has 3 rings (SSSR count). The maximum absolute atomic E-state index is 12.8. The first-order valence-corrected chi connectivity index (χ1v) is 11.1. The normalized spacial score (nSPS) is 15.2. The summed E-state index contributed by atoms with van der Waals surface area (Å²) in [6.45, 7) is 7.58. The van der Waals surface area contributed by atoms with E-state index in [-0.39, 0.29) is 17.5 Å². The second-order valence-electron chi connectivity index (χ2n) is 7.48. The largest absolute Gasteiger partial charge is 0.349 e. The zero-order chi connectivity index (χ0) is 20.6. The molecule has 2 heterocycles. The van der Waals surface area contributed by atoms with Gasteiger partial charge in [-0.1, -0.05) is 18.6 Å². The maximum Gasteiger partial charge on any atom is 0.267 e. The van der Waals surface area contributed by atoms with Crippen molar-refractivity contribution in [1.82, 2.24) is 15.5 Å². The molecule has 0 radical (unpaired) electrons. The molecule has 2 aromatic rings. The topological polar surface area (TPSA) is 61.4 Å². The molecule has 2 N–H and O–H groups in total. The van der Waals surface area contributed by atoms with E-state index in [1.54, 1.807) is 12.1 Å². The highest BCUT2D eigenvalue weighted by molar-refractivity contribution is 7.10. The van der Waals surface area contributed by atoms with E-state index in [0.717, 1.165) is 35.6 Å². The zero-order valence-corrected chi connectivity index (χ0v) is 18.0. The third-order valence-electron chi connectivity index (χ3n) is 5.25. The molecule has 2 amide bonds. The summed E-state index contributed by atoms with van der Waals surface area (Å²) in [4.78, 5) is 28.8. The van der Waals surface area contributed by atoms with E-state index < -0.39 is 0 Å². The Morgan fingerprint density at radius 2 is 1.90 bits per heavy atom. The number of piperidine rings is 1. The summed E-state index contributed by atoms with van der Waals surface area (Å²) in [7, 11) is 0. The number of hydrogen-bond acceptors (Lipinski definition) is 4. The van der Waals surface area contributed by atoms with Gasteiger partial charge in [-0.05, 0) is 80.6 Å². The number of aryl methyl sites for hydroxylation is 2. The van der Waals surface area contributed by atoms with Crippen molar-refractivity contribution in [2.45, 2.75) is 33.1 Å². The van der Waals surface area contributed by atoms with Gasteiger partial charge in [-0.3, -0.25) is 9.59 Å². The van der Waals surface area contributed by atoms with E-state index >= 15 is 0 Å². The molecule has 0 atom stereocenters. The van der Waals surface area contributed by atoms with Gasteiger partial charge in [0.05, 0.1) is 0 Å². The van der Waals surface area contributed by atoms with Crippen LogP contribution in [0, 0.1) is 13.8 Å². The molecule has 1 aromatic heterocycles. The van der Waals surface area contributed by atoms with E-state index in [9.17, 15) is 9.59 Å². The van der Waals surface area contributed by atoms with Crippen molar-refractivity contribution >= 4 is 29.2 Å². The Labute approximate surface area is 176 Å². The number of nitrogens with one attached hydrogen (secondary N) is 2. The Morgan fingerprint density at radius 1 is 1.10 bits per heavy atom. The average molecular weight is 412 g/mol. The Kier molecular flexibility index (Phi) is 7.61. The van der Waals surface area contributed by atoms with Crippen LogP contribution >= 0.6 is 11.3 Å². The van der Waals surface area contributed by atoms with E-state index in [4.69, 9.17) is 0 Å². The number of carbonyl (C=O) groups is 2. The molecule has 0 bridgehead atoms. The van der Waals surface area contributed by atoms with Crippen LogP contribution in [0.1, 0.15) is 45.6 Å². The molecule has 0 aliphatic carbocycles. The summed E-state index contributed by atoms with van der Waals surface area (Å²) in [5, 5.41) is 7.72. The second-order valence-corrected chi connectivity index (χ2v) is 8.46. The van der Waals surface area contributed by atoms with E-state index in [0.29, 0.717) is 12.1 Å². The van der Waals surface area contributed by atoms with Crippen molar-refractivity contribution in [2.75, 3.05) is 26.2 Å². The van der Waals surface area contributed by atoms with Crippen molar-refractivity contribution in [3.8, 4) is 0 Å². The molecule has 1 aromatic carbocycles. The monoisotopic (exact) mass is 411 g/mol. The highest BCUT2D eigenvalue weighted by Gasteiger charge is 2.16. The van der Waals surface area contributed by atoms with Crippen LogP contribution in [-0.4, -0.2) is 42.9 Å². The van der Waals surface area contributed by atoms with Crippen molar-refractivity contribution < 1.29 is 9.59 Å². The Balaban J connectivity index is 1.66. The summed E-state index contributed by atoms with van der Waals surface area (Å²) >= 11 is 1.53. The van der Waals surface area contributed by atoms with Crippen LogP contribution in [0.5, 0.6) is 0 Å². The van der Waals surface area contributed by atoms with E-state index in [2.05, 4.69) is 15.5 Å². The fraction of sp³-hybridized carbons (Fsp3) is 0.391. The SMILES string of the molecule is Cc1ccc(C(=O)N/C(=C\c2cccs2)C(=O)NCCN2CCCCC2)cc1C. The summed E-state index contributed by atoms with van der Waals surface area (Å²) in [6.07, 6.45) is 5.48. The summed E-state index contributed by atoms with van der Waals surface area (Å²) in [5.74, 6) is -0.533. The lowest BCUT2D eigenvalue weighted by molar-refractivity contribution is -0.117. The van der Waals surface area contributed by atoms with Crippen molar-refractivity contribution in [1.29, 1.82) is 0 Å². The van der Waals surface area contributed by atoms with Gasteiger partial charge >= 0.3 is 0 Å². The van der Waals surface area contributed by atoms with Gasteiger partial charge < -0.3 is 15.5 Å². The lowest BCUT2D eigenvalue weighted by Gasteiger charge is -2.26. The van der Waals surface area contributed by atoms with Gasteiger partial charge in [0.2, 0.25) is 0 Å². The quantitative estimate of drug-likeness (QED) is 0.683. The van der Waals surface area contributed by atoms with Crippen LogP contribution in [0.15, 0.2) is 41.4 Å².